The van der Waals surface area contributed by atoms with Crippen LogP contribution in [-0.2, 0) is 12.0 Å². The maximum absolute atomic E-state index is 13.4. The first-order chi connectivity index (χ1) is 22.5. The summed E-state index contributed by atoms with van der Waals surface area (Å²) in [6.07, 6.45) is 3.41. The summed E-state index contributed by atoms with van der Waals surface area (Å²) < 4.78 is 7.97. The van der Waals surface area contributed by atoms with Gasteiger partial charge in [0.15, 0.2) is 0 Å². The highest BCUT2D eigenvalue weighted by Crippen LogP contribution is 2.33. The number of urea groups is 1. The van der Waals surface area contributed by atoms with Crippen molar-refractivity contribution in [3.63, 3.8) is 0 Å². The Kier molecular flexibility index (Phi) is 8.78. The van der Waals surface area contributed by atoms with Gasteiger partial charge in [0.2, 0.25) is 0 Å². The number of benzene rings is 3. The number of halogens is 1. The van der Waals surface area contributed by atoms with Crippen molar-refractivity contribution in [2.45, 2.75) is 46.6 Å². The molecular weight excluding hydrogens is 612 g/mol. The van der Waals surface area contributed by atoms with E-state index < -0.39 is 6.03 Å². The molecule has 0 saturated heterocycles. The number of hydrogen-bond acceptors (Lipinski definition) is 7. The highest BCUT2D eigenvalue weighted by atomic mass is 35.5. The van der Waals surface area contributed by atoms with Crippen LogP contribution in [0.1, 0.15) is 43.4 Å². The molecule has 0 atom stereocenters. The molecule has 2 amide bonds. The second-order valence-corrected chi connectivity index (χ2v) is 12.6. The first kappa shape index (κ1) is 31.5. The van der Waals surface area contributed by atoms with Crippen molar-refractivity contribution in [2.75, 3.05) is 16.0 Å². The fraction of sp³-hybridized carbons (Fsp3) is 0.194. The Bertz CT molecular complexity index is 2090. The van der Waals surface area contributed by atoms with Gasteiger partial charge in [0, 0.05) is 33.5 Å². The summed E-state index contributed by atoms with van der Waals surface area (Å²) in [6, 6.07) is 24.1. The number of anilines is 4. The largest absolute Gasteiger partial charge is 0.488 e. The van der Waals surface area contributed by atoms with E-state index in [1.165, 1.54) is 0 Å². The summed E-state index contributed by atoms with van der Waals surface area (Å²) in [7, 11) is 0. The molecule has 0 aliphatic rings. The third-order valence-corrected chi connectivity index (χ3v) is 7.81. The molecule has 238 valence electrons. The number of carbonyl (C=O) groups excluding carboxylic acids is 1. The number of aromatic nitrogens is 5. The quantitative estimate of drug-likeness (QED) is 0.151. The monoisotopic (exact) mass is 646 g/mol. The lowest BCUT2D eigenvalue weighted by atomic mass is 9.92. The number of nitrogens with one attached hydrogen (secondary N) is 3. The van der Waals surface area contributed by atoms with Crippen molar-refractivity contribution in [1.29, 1.82) is 0 Å². The van der Waals surface area contributed by atoms with Gasteiger partial charge in [-0.05, 0) is 61.9 Å². The highest BCUT2D eigenvalue weighted by Gasteiger charge is 2.22. The van der Waals surface area contributed by atoms with Crippen LogP contribution >= 0.6 is 11.6 Å². The van der Waals surface area contributed by atoms with E-state index in [-0.39, 0.29) is 5.41 Å². The van der Waals surface area contributed by atoms with Crippen LogP contribution in [0.2, 0.25) is 5.02 Å². The molecule has 6 aromatic rings. The molecule has 0 spiro atoms. The van der Waals surface area contributed by atoms with Gasteiger partial charge >= 0.3 is 6.03 Å². The zero-order chi connectivity index (χ0) is 33.1. The van der Waals surface area contributed by atoms with Crippen molar-refractivity contribution < 1.29 is 9.53 Å². The van der Waals surface area contributed by atoms with Crippen LogP contribution < -0.4 is 20.7 Å². The van der Waals surface area contributed by atoms with Gasteiger partial charge in [-0.15, -0.1) is 0 Å². The average molecular weight is 647 g/mol. The number of fused-ring (bicyclic) bond motifs is 1. The minimum absolute atomic E-state index is 0.230. The molecular formula is C36H35ClN8O2. The topological polar surface area (TPSA) is 119 Å². The lowest BCUT2D eigenvalue weighted by molar-refractivity contribution is 0.262. The third kappa shape index (κ3) is 7.34. The highest BCUT2D eigenvalue weighted by molar-refractivity contribution is 6.30. The third-order valence-electron chi connectivity index (χ3n) is 7.57. The Balaban J connectivity index is 1.19. The van der Waals surface area contributed by atoms with Crippen LogP contribution in [0.3, 0.4) is 0 Å². The van der Waals surface area contributed by atoms with E-state index in [4.69, 9.17) is 21.4 Å². The molecule has 0 unspecified atom stereocenters. The molecule has 0 aliphatic heterocycles. The normalized spacial score (nSPS) is 11.4. The van der Waals surface area contributed by atoms with Gasteiger partial charge in [0.25, 0.3) is 0 Å². The maximum atomic E-state index is 13.4. The summed E-state index contributed by atoms with van der Waals surface area (Å²) in [5.74, 6) is 2.48. The Hall–Kier alpha value is -5.48. The fourth-order valence-corrected chi connectivity index (χ4v) is 5.13. The molecule has 6 rings (SSSR count). The smallest absolute Gasteiger partial charge is 0.324 e. The van der Waals surface area contributed by atoms with Crippen LogP contribution in [-0.4, -0.2) is 30.8 Å². The Labute approximate surface area is 278 Å². The van der Waals surface area contributed by atoms with Crippen LogP contribution in [0, 0.1) is 13.8 Å². The van der Waals surface area contributed by atoms with Gasteiger partial charge in [0.1, 0.15) is 29.8 Å². The SMILES string of the molecule is Cc1ncc(Nc2cc(COc3ccc(NC(=O)Nc4cc(C(C)(C)C)nn4-c4cccc(Cl)c4)c4ccccc34)ccn2)nc1C. The molecule has 0 bridgehead atoms. The molecule has 0 radical (unpaired) electrons. The number of ether oxygens (including phenoxy) is 1. The molecule has 3 aromatic carbocycles. The summed E-state index contributed by atoms with van der Waals surface area (Å²) in [5.41, 5.74) is 4.65. The average Bonchev–Trinajstić information content (AvgIpc) is 3.47. The fourth-order valence-electron chi connectivity index (χ4n) is 4.94. The van der Waals surface area contributed by atoms with E-state index >= 15 is 0 Å². The molecule has 0 fully saturated rings. The summed E-state index contributed by atoms with van der Waals surface area (Å²) >= 11 is 6.27. The molecule has 11 heteroatoms. The molecule has 3 heterocycles. The maximum Gasteiger partial charge on any atom is 0.324 e. The van der Waals surface area contributed by atoms with Crippen LogP contribution in [0.15, 0.2) is 91.3 Å². The number of nitrogens with zero attached hydrogens (tertiary/aromatic N) is 5. The lowest BCUT2D eigenvalue weighted by Crippen LogP contribution is -2.21. The second-order valence-electron chi connectivity index (χ2n) is 12.2. The van der Waals surface area contributed by atoms with E-state index in [1.807, 2.05) is 80.6 Å². The van der Waals surface area contributed by atoms with E-state index in [0.717, 1.165) is 39.1 Å². The lowest BCUT2D eigenvalue weighted by Gasteiger charge is -2.15. The van der Waals surface area contributed by atoms with E-state index in [9.17, 15) is 4.79 Å². The van der Waals surface area contributed by atoms with Crippen molar-refractivity contribution >= 4 is 51.5 Å². The second kappa shape index (κ2) is 13.1. The number of pyridine rings is 1. The van der Waals surface area contributed by atoms with Crippen molar-refractivity contribution in [2.24, 2.45) is 0 Å². The predicted molar refractivity (Wildman–Crippen MR) is 187 cm³/mol. The molecule has 10 nitrogen and oxygen atoms in total. The van der Waals surface area contributed by atoms with Gasteiger partial charge in [-0.3, -0.25) is 10.3 Å². The number of rotatable bonds is 8. The predicted octanol–water partition coefficient (Wildman–Crippen LogP) is 8.74. The number of aryl methyl sites for hydroxylation is 2. The molecule has 0 aliphatic carbocycles. The zero-order valence-electron chi connectivity index (χ0n) is 26.8. The molecule has 3 N–H and O–H groups in total. The first-order valence-electron chi connectivity index (χ1n) is 15.1. The van der Waals surface area contributed by atoms with Gasteiger partial charge in [-0.25, -0.2) is 19.4 Å². The minimum atomic E-state index is -0.405. The first-order valence-corrected chi connectivity index (χ1v) is 15.5. The van der Waals surface area contributed by atoms with Gasteiger partial charge in [0.05, 0.1) is 34.7 Å². The molecule has 47 heavy (non-hydrogen) atoms. The Morgan fingerprint density at radius 2 is 1.68 bits per heavy atom. The van der Waals surface area contributed by atoms with E-state index in [2.05, 4.69) is 51.7 Å². The Morgan fingerprint density at radius 1 is 0.872 bits per heavy atom. The molecule has 3 aromatic heterocycles. The van der Waals surface area contributed by atoms with Gasteiger partial charge in [-0.1, -0.05) is 62.7 Å². The van der Waals surface area contributed by atoms with Gasteiger partial charge in [-0.2, -0.15) is 5.10 Å². The summed E-state index contributed by atoms with van der Waals surface area (Å²) in [6.45, 7) is 10.4. The zero-order valence-corrected chi connectivity index (χ0v) is 27.6. The van der Waals surface area contributed by atoms with Gasteiger partial charge < -0.3 is 15.4 Å². The molecule has 0 saturated carbocycles. The number of carbonyl (C=O) groups is 1. The number of hydrogen-bond donors (Lipinski definition) is 3. The van der Waals surface area contributed by atoms with E-state index in [1.54, 1.807) is 29.2 Å². The standard InChI is InChI=1S/C36H35ClN8O2/c1-22-23(2)40-33(20-39-22)42-32-17-24(15-16-38-32)21-47-30-14-13-29(27-11-6-7-12-28(27)30)41-35(46)43-34-19-31(36(3,4)5)44-45(34)26-10-8-9-25(37)18-26/h6-20H,21H2,1-5H3,(H,38,40,42)(H2,41,43,46). The number of amides is 2. The van der Waals surface area contributed by atoms with E-state index in [0.29, 0.717) is 40.5 Å². The Morgan fingerprint density at radius 3 is 2.45 bits per heavy atom. The van der Waals surface area contributed by atoms with Crippen molar-refractivity contribution in [3.8, 4) is 11.4 Å². The van der Waals surface area contributed by atoms with Crippen LogP contribution in [0.5, 0.6) is 5.75 Å². The van der Waals surface area contributed by atoms with Crippen molar-refractivity contribution in [1.82, 2.24) is 24.7 Å². The summed E-state index contributed by atoms with van der Waals surface area (Å²) in [5, 5.41) is 16.3. The van der Waals surface area contributed by atoms with Crippen LogP contribution in [0.4, 0.5) is 27.9 Å². The van der Waals surface area contributed by atoms with Crippen molar-refractivity contribution in [3.05, 3.63) is 119 Å². The van der Waals surface area contributed by atoms with Crippen LogP contribution in [0.25, 0.3) is 16.5 Å². The minimum Gasteiger partial charge on any atom is -0.488 e. The summed E-state index contributed by atoms with van der Waals surface area (Å²) in [4.78, 5) is 26.7.